The molecular formula is C22H17NO3S2. The molecule has 0 amide bonds. The highest BCUT2D eigenvalue weighted by molar-refractivity contribution is 8.04. The first-order valence-corrected chi connectivity index (χ1v) is 10.9. The fourth-order valence-electron chi connectivity index (χ4n) is 2.77. The number of fused-ring (bicyclic) bond motifs is 1. The number of aryl methyl sites for hydroxylation is 1. The van der Waals surface area contributed by atoms with Gasteiger partial charge in [-0.2, -0.15) is 0 Å². The van der Waals surface area contributed by atoms with Gasteiger partial charge in [-0.05, 0) is 31.2 Å². The number of para-hydroxylation sites is 1. The monoisotopic (exact) mass is 407 g/mol. The second-order valence-electron chi connectivity index (χ2n) is 6.29. The van der Waals surface area contributed by atoms with Crippen LogP contribution in [0.25, 0.3) is 26.4 Å². The summed E-state index contributed by atoms with van der Waals surface area (Å²) < 4.78 is 35.9. The summed E-state index contributed by atoms with van der Waals surface area (Å²) in [6, 6.07) is 25.7. The van der Waals surface area contributed by atoms with E-state index >= 15 is 0 Å². The quantitative estimate of drug-likeness (QED) is 0.248. The highest BCUT2D eigenvalue weighted by Gasteiger charge is 2.11. The Hall–Kier alpha value is -2.80. The van der Waals surface area contributed by atoms with Crippen molar-refractivity contribution in [2.75, 3.05) is 0 Å². The van der Waals surface area contributed by atoms with Gasteiger partial charge in [0.25, 0.3) is 0 Å². The van der Waals surface area contributed by atoms with Gasteiger partial charge in [-0.1, -0.05) is 60.2 Å². The zero-order valence-electron chi connectivity index (χ0n) is 15.1. The van der Waals surface area contributed by atoms with Crippen LogP contribution in [0.4, 0.5) is 0 Å². The number of sulfonamides is 1. The van der Waals surface area contributed by atoms with Gasteiger partial charge in [0.05, 0.1) is 10.3 Å². The predicted molar refractivity (Wildman–Crippen MR) is 114 cm³/mol. The minimum Gasteiger partial charge on any atom is -0.456 e. The second-order valence-corrected chi connectivity index (χ2v) is 8.93. The summed E-state index contributed by atoms with van der Waals surface area (Å²) in [6.45, 7) is 1.91. The number of hydrogen-bond acceptors (Lipinski definition) is 3. The van der Waals surface area contributed by atoms with Crippen molar-refractivity contribution < 1.29 is 12.8 Å². The van der Waals surface area contributed by atoms with Gasteiger partial charge in [-0.15, -0.1) is 0 Å². The molecule has 0 aliphatic rings. The van der Waals surface area contributed by atoms with Crippen molar-refractivity contribution in [2.24, 2.45) is 0 Å². The van der Waals surface area contributed by atoms with Crippen LogP contribution >= 0.6 is 0 Å². The summed E-state index contributed by atoms with van der Waals surface area (Å²) in [6.07, 6.45) is 0. The maximum atomic E-state index is 12.6. The maximum absolute atomic E-state index is 12.6. The van der Waals surface area contributed by atoms with Crippen LogP contribution in [0.2, 0.25) is 0 Å². The van der Waals surface area contributed by atoms with Crippen LogP contribution in [0.3, 0.4) is 0 Å². The summed E-state index contributed by atoms with van der Waals surface area (Å²) in [5.41, 5.74) is 2.58. The van der Waals surface area contributed by atoms with Crippen LogP contribution in [0.15, 0.2) is 94.2 Å². The van der Waals surface area contributed by atoms with Crippen LogP contribution < -0.4 is 0 Å². The number of nitrogens with zero attached hydrogens (tertiary/aromatic N) is 1. The van der Waals surface area contributed by atoms with E-state index in [2.05, 4.69) is 4.13 Å². The third-order valence-corrected chi connectivity index (χ3v) is 6.73. The minimum atomic E-state index is -3.76. The molecule has 140 valence electrons. The van der Waals surface area contributed by atoms with Crippen molar-refractivity contribution >= 4 is 32.5 Å². The van der Waals surface area contributed by atoms with Crippen molar-refractivity contribution in [1.29, 1.82) is 0 Å². The van der Waals surface area contributed by atoms with E-state index in [0.717, 1.165) is 32.6 Å². The molecule has 0 unspecified atom stereocenters. The van der Waals surface area contributed by atoms with E-state index in [1.807, 2.05) is 67.6 Å². The zero-order valence-corrected chi connectivity index (χ0v) is 16.7. The first kappa shape index (κ1) is 18.6. The molecule has 0 spiro atoms. The van der Waals surface area contributed by atoms with Crippen molar-refractivity contribution in [3.63, 3.8) is 0 Å². The molecule has 4 nitrogen and oxygen atoms in total. The fraction of sp³-hybridized carbons (Fsp3) is 0.0455. The van der Waals surface area contributed by atoms with E-state index in [4.69, 9.17) is 4.42 Å². The van der Waals surface area contributed by atoms with Gasteiger partial charge in [0.1, 0.15) is 32.9 Å². The molecule has 0 saturated carbocycles. The Morgan fingerprint density at radius 1 is 0.857 bits per heavy atom. The summed E-state index contributed by atoms with van der Waals surface area (Å²) in [4.78, 5) is 0.179. The van der Waals surface area contributed by atoms with E-state index in [0.29, 0.717) is 11.3 Å². The van der Waals surface area contributed by atoms with Crippen LogP contribution in [-0.4, -0.2) is 8.42 Å². The maximum Gasteiger partial charge on any atom is 0.226 e. The van der Waals surface area contributed by atoms with Gasteiger partial charge in [-0.3, -0.25) is 0 Å². The van der Waals surface area contributed by atoms with E-state index < -0.39 is 10.0 Å². The number of rotatable bonds is 4. The molecule has 28 heavy (non-hydrogen) atoms. The van der Waals surface area contributed by atoms with Crippen LogP contribution in [0.5, 0.6) is 0 Å². The SMILES string of the molecule is Cc1ccc(S(=O)(=O)[N-][S+]=c2cc(-c3ccccc3)oc3ccccc23)cc1. The molecular weight excluding hydrogens is 390 g/mol. The van der Waals surface area contributed by atoms with E-state index in [-0.39, 0.29) is 4.90 Å². The molecule has 0 radical (unpaired) electrons. The lowest BCUT2D eigenvalue weighted by Crippen LogP contribution is -1.98. The molecule has 0 N–H and O–H groups in total. The van der Waals surface area contributed by atoms with Crippen molar-refractivity contribution in [3.05, 3.63) is 99.1 Å². The van der Waals surface area contributed by atoms with E-state index in [1.165, 1.54) is 0 Å². The lowest BCUT2D eigenvalue weighted by Gasteiger charge is -2.06. The molecule has 6 heteroatoms. The average molecular weight is 408 g/mol. The third-order valence-electron chi connectivity index (χ3n) is 4.25. The zero-order chi connectivity index (χ0) is 19.6. The molecule has 4 aromatic rings. The van der Waals surface area contributed by atoms with Crippen LogP contribution in [-0.2, 0) is 21.6 Å². The highest BCUT2D eigenvalue weighted by atomic mass is 32.3. The lowest BCUT2D eigenvalue weighted by atomic mass is 10.1. The summed E-state index contributed by atoms with van der Waals surface area (Å²) in [5.74, 6) is 0.657. The molecule has 0 aliphatic carbocycles. The molecule has 1 aromatic heterocycles. The molecule has 0 bridgehead atoms. The standard InChI is InChI=1S/C22H17NO3S2/c1-16-11-13-18(14-12-16)28(24,25)23-27-22-15-21(17-7-3-2-4-8-17)26-20-10-6-5-9-19(20)22/h2-15H,1H3. The normalized spacial score (nSPS) is 12.4. The Kier molecular flexibility index (Phi) is 5.09. The Morgan fingerprint density at radius 2 is 1.54 bits per heavy atom. The van der Waals surface area contributed by atoms with Gasteiger partial charge in [0.15, 0.2) is 0 Å². The van der Waals surface area contributed by atoms with Crippen molar-refractivity contribution in [1.82, 2.24) is 0 Å². The Bertz CT molecular complexity index is 1290. The number of hydrogen-bond donors (Lipinski definition) is 0. The molecule has 1 heterocycles. The van der Waals surface area contributed by atoms with E-state index in [1.54, 1.807) is 24.3 Å². The third kappa shape index (κ3) is 3.89. The summed E-state index contributed by atoms with van der Waals surface area (Å²) in [5, 5.41) is 0.815. The molecule has 0 aliphatic heterocycles. The van der Waals surface area contributed by atoms with Crippen molar-refractivity contribution in [3.8, 4) is 11.3 Å². The second kappa shape index (κ2) is 7.67. The first-order valence-electron chi connectivity index (χ1n) is 8.65. The van der Waals surface area contributed by atoms with Gasteiger partial charge in [0.2, 0.25) is 4.51 Å². The summed E-state index contributed by atoms with van der Waals surface area (Å²) >= 11 is 0.942. The highest BCUT2D eigenvalue weighted by Crippen LogP contribution is 2.26. The molecule has 0 saturated heterocycles. The average Bonchev–Trinajstić information content (AvgIpc) is 2.73. The van der Waals surface area contributed by atoms with Crippen molar-refractivity contribution in [2.45, 2.75) is 11.8 Å². The predicted octanol–water partition coefficient (Wildman–Crippen LogP) is 5.70. The van der Waals surface area contributed by atoms with Gasteiger partial charge < -0.3 is 4.42 Å². The lowest BCUT2D eigenvalue weighted by molar-refractivity contribution is 0.604. The van der Waals surface area contributed by atoms with Gasteiger partial charge in [-0.25, -0.2) is 12.5 Å². The minimum absolute atomic E-state index is 0.179. The Labute approximate surface area is 167 Å². The van der Waals surface area contributed by atoms with Gasteiger partial charge >= 0.3 is 0 Å². The number of benzene rings is 3. The summed E-state index contributed by atoms with van der Waals surface area (Å²) in [7, 11) is -3.76. The fourth-order valence-corrected chi connectivity index (χ4v) is 4.73. The van der Waals surface area contributed by atoms with Crippen LogP contribution in [0.1, 0.15) is 5.56 Å². The van der Waals surface area contributed by atoms with E-state index in [9.17, 15) is 8.42 Å². The molecule has 4 rings (SSSR count). The van der Waals surface area contributed by atoms with Gasteiger partial charge in [0, 0.05) is 11.6 Å². The van der Waals surface area contributed by atoms with Crippen LogP contribution in [0, 0.1) is 11.4 Å². The molecule has 0 fully saturated rings. The Balaban J connectivity index is 1.82. The topological polar surface area (TPSA) is 61.4 Å². The first-order chi connectivity index (χ1) is 13.5. The Morgan fingerprint density at radius 3 is 2.29 bits per heavy atom. The smallest absolute Gasteiger partial charge is 0.226 e. The molecule has 3 aromatic carbocycles. The molecule has 0 atom stereocenters. The largest absolute Gasteiger partial charge is 0.456 e.